The maximum absolute atomic E-state index is 11.7. The molecule has 0 fully saturated rings. The van der Waals surface area contributed by atoms with Crippen LogP contribution < -0.4 is 11.1 Å². The van der Waals surface area contributed by atoms with Gasteiger partial charge < -0.3 is 20.3 Å². The lowest BCUT2D eigenvalue weighted by atomic mass is 10.2. The van der Waals surface area contributed by atoms with Crippen LogP contribution in [0.4, 0.5) is 10.7 Å². The number of anilines is 2. The number of carbonyl (C=O) groups excluding carboxylic acids is 1. The fourth-order valence-corrected chi connectivity index (χ4v) is 2.61. The van der Waals surface area contributed by atoms with Crippen molar-refractivity contribution in [1.82, 2.24) is 10.1 Å². The number of thiophene rings is 1. The Labute approximate surface area is 124 Å². The van der Waals surface area contributed by atoms with Crippen molar-refractivity contribution >= 4 is 28.0 Å². The number of carbonyl (C=O) groups is 1. The Bertz CT molecular complexity index is 659. The van der Waals surface area contributed by atoms with Gasteiger partial charge in [-0.05, 0) is 6.92 Å². The fraction of sp³-hybridized carbons (Fsp3) is 0.333. The van der Waals surface area contributed by atoms with E-state index in [1.807, 2.05) is 6.07 Å². The summed E-state index contributed by atoms with van der Waals surface area (Å²) in [5.74, 6) is 0.0267. The van der Waals surface area contributed by atoms with Crippen LogP contribution in [0.3, 0.4) is 0 Å². The molecule has 0 unspecified atom stereocenters. The number of nitrogens with zero attached hydrogens (tertiary/aromatic N) is 3. The van der Waals surface area contributed by atoms with E-state index in [1.54, 1.807) is 6.92 Å². The molecule has 110 valence electrons. The summed E-state index contributed by atoms with van der Waals surface area (Å²) in [4.78, 5) is 15.9. The average molecular weight is 307 g/mol. The highest BCUT2D eigenvalue weighted by Crippen LogP contribution is 2.35. The van der Waals surface area contributed by atoms with Gasteiger partial charge in [0, 0.05) is 13.0 Å². The normalized spacial score (nSPS) is 10.1. The highest BCUT2D eigenvalue weighted by Gasteiger charge is 2.21. The Morgan fingerprint density at radius 1 is 1.67 bits per heavy atom. The quantitative estimate of drug-likeness (QED) is 0.767. The molecule has 0 amide bonds. The number of hydrogen-bond acceptors (Lipinski definition) is 9. The lowest BCUT2D eigenvalue weighted by molar-refractivity contribution is 0.0533. The second-order valence-electron chi connectivity index (χ2n) is 3.91. The number of nitrogens with one attached hydrogen (secondary N) is 1. The number of nitrogens with two attached hydrogens (primary N) is 1. The van der Waals surface area contributed by atoms with Crippen molar-refractivity contribution in [3.63, 3.8) is 0 Å². The van der Waals surface area contributed by atoms with E-state index in [2.05, 4.69) is 20.0 Å². The third-order valence-electron chi connectivity index (χ3n) is 2.56. The van der Waals surface area contributed by atoms with Gasteiger partial charge in [-0.25, -0.2) is 4.79 Å². The zero-order valence-corrected chi connectivity index (χ0v) is 12.1. The van der Waals surface area contributed by atoms with E-state index in [0.29, 0.717) is 23.8 Å². The summed E-state index contributed by atoms with van der Waals surface area (Å²) < 4.78 is 9.53. The molecule has 0 bridgehead atoms. The maximum Gasteiger partial charge on any atom is 0.350 e. The van der Waals surface area contributed by atoms with Gasteiger partial charge in [-0.1, -0.05) is 5.16 Å². The smallest absolute Gasteiger partial charge is 0.350 e. The molecule has 0 radical (unpaired) electrons. The van der Waals surface area contributed by atoms with E-state index >= 15 is 0 Å². The summed E-state index contributed by atoms with van der Waals surface area (Å²) in [7, 11) is 0. The zero-order valence-electron chi connectivity index (χ0n) is 11.3. The molecule has 3 N–H and O–H groups in total. The average Bonchev–Trinajstić information content (AvgIpc) is 3.07. The van der Waals surface area contributed by atoms with Crippen LogP contribution in [0.25, 0.3) is 0 Å². The molecule has 2 aromatic heterocycles. The van der Waals surface area contributed by atoms with Gasteiger partial charge in [0.2, 0.25) is 6.39 Å². The van der Waals surface area contributed by atoms with E-state index in [-0.39, 0.29) is 22.7 Å². The second-order valence-corrected chi connectivity index (χ2v) is 4.93. The zero-order chi connectivity index (χ0) is 15.2. The Morgan fingerprint density at radius 2 is 2.48 bits per heavy atom. The van der Waals surface area contributed by atoms with Gasteiger partial charge in [0.1, 0.15) is 21.5 Å². The predicted molar refractivity (Wildman–Crippen MR) is 75.9 cm³/mol. The molecule has 0 spiro atoms. The molecule has 0 saturated heterocycles. The SMILES string of the molecule is CCOC(=O)c1sc(NCCc2ncon2)c(C#N)c1N. The fourth-order valence-electron chi connectivity index (χ4n) is 1.62. The highest BCUT2D eigenvalue weighted by molar-refractivity contribution is 7.18. The molecule has 9 heteroatoms. The second kappa shape index (κ2) is 6.71. The monoisotopic (exact) mass is 307 g/mol. The van der Waals surface area contributed by atoms with Crippen LogP contribution >= 0.6 is 11.3 Å². The summed E-state index contributed by atoms with van der Waals surface area (Å²) in [6.45, 7) is 2.44. The molecule has 0 aliphatic rings. The molecule has 21 heavy (non-hydrogen) atoms. The summed E-state index contributed by atoms with van der Waals surface area (Å²) in [5, 5.41) is 16.4. The number of nitriles is 1. The molecule has 0 saturated carbocycles. The predicted octanol–water partition coefficient (Wildman–Crippen LogP) is 1.42. The minimum Gasteiger partial charge on any atom is -0.462 e. The lowest BCUT2D eigenvalue weighted by Gasteiger charge is -2.01. The standard InChI is InChI=1S/C12H13N5O3S/c1-2-19-12(18)10-9(14)7(5-13)11(21-10)15-4-3-8-16-6-20-17-8/h6,15H,2-4,14H2,1H3. The Hall–Kier alpha value is -2.60. The van der Waals surface area contributed by atoms with Gasteiger partial charge in [-0.3, -0.25) is 0 Å². The molecular weight excluding hydrogens is 294 g/mol. The largest absolute Gasteiger partial charge is 0.462 e. The van der Waals surface area contributed by atoms with Crippen molar-refractivity contribution in [1.29, 1.82) is 5.26 Å². The van der Waals surface area contributed by atoms with Gasteiger partial charge in [0.15, 0.2) is 5.82 Å². The van der Waals surface area contributed by atoms with Crippen LogP contribution in [-0.2, 0) is 11.2 Å². The van der Waals surface area contributed by atoms with E-state index in [4.69, 9.17) is 15.7 Å². The molecule has 2 rings (SSSR count). The van der Waals surface area contributed by atoms with Crippen LogP contribution in [0.15, 0.2) is 10.9 Å². The molecule has 0 aliphatic carbocycles. The molecule has 0 atom stereocenters. The van der Waals surface area contributed by atoms with Gasteiger partial charge in [0.25, 0.3) is 0 Å². The molecule has 0 aromatic carbocycles. The van der Waals surface area contributed by atoms with Gasteiger partial charge in [0.05, 0.1) is 12.3 Å². The summed E-state index contributed by atoms with van der Waals surface area (Å²) in [5.41, 5.74) is 6.21. The summed E-state index contributed by atoms with van der Waals surface area (Å²) >= 11 is 1.10. The molecule has 0 aliphatic heterocycles. The number of rotatable bonds is 6. The van der Waals surface area contributed by atoms with Crippen molar-refractivity contribution in [3.8, 4) is 6.07 Å². The van der Waals surface area contributed by atoms with Crippen molar-refractivity contribution in [2.75, 3.05) is 24.2 Å². The summed E-state index contributed by atoms with van der Waals surface area (Å²) in [6.07, 6.45) is 1.77. The topological polar surface area (TPSA) is 127 Å². The minimum absolute atomic E-state index is 0.142. The van der Waals surface area contributed by atoms with Crippen molar-refractivity contribution in [2.45, 2.75) is 13.3 Å². The molecule has 2 aromatic rings. The first kappa shape index (κ1) is 14.8. The van der Waals surface area contributed by atoms with Crippen molar-refractivity contribution in [2.24, 2.45) is 0 Å². The first-order valence-corrected chi connectivity index (χ1v) is 6.97. The Morgan fingerprint density at radius 3 is 3.10 bits per heavy atom. The van der Waals surface area contributed by atoms with Crippen molar-refractivity contribution < 1.29 is 14.1 Å². The van der Waals surface area contributed by atoms with Crippen LogP contribution in [-0.4, -0.2) is 29.3 Å². The van der Waals surface area contributed by atoms with Gasteiger partial charge in [-0.15, -0.1) is 11.3 Å². The first-order valence-electron chi connectivity index (χ1n) is 6.16. The lowest BCUT2D eigenvalue weighted by Crippen LogP contribution is -2.06. The van der Waals surface area contributed by atoms with Crippen LogP contribution in [0.1, 0.15) is 28.0 Å². The third kappa shape index (κ3) is 3.29. The van der Waals surface area contributed by atoms with E-state index in [9.17, 15) is 4.79 Å². The Kier molecular flexibility index (Phi) is 4.73. The Balaban J connectivity index is 2.10. The van der Waals surface area contributed by atoms with Gasteiger partial charge >= 0.3 is 5.97 Å². The van der Waals surface area contributed by atoms with Gasteiger partial charge in [-0.2, -0.15) is 10.2 Å². The first-order chi connectivity index (χ1) is 10.2. The number of esters is 1. The third-order valence-corrected chi connectivity index (χ3v) is 3.70. The number of aromatic nitrogens is 2. The maximum atomic E-state index is 11.7. The van der Waals surface area contributed by atoms with Crippen LogP contribution in [0.5, 0.6) is 0 Å². The van der Waals surface area contributed by atoms with E-state index in [1.165, 1.54) is 6.39 Å². The number of hydrogen-bond donors (Lipinski definition) is 2. The van der Waals surface area contributed by atoms with Crippen LogP contribution in [0.2, 0.25) is 0 Å². The van der Waals surface area contributed by atoms with Crippen molar-refractivity contribution in [3.05, 3.63) is 22.7 Å². The molecule has 8 nitrogen and oxygen atoms in total. The number of nitrogen functional groups attached to an aromatic ring is 1. The minimum atomic E-state index is -0.525. The molecular formula is C12H13N5O3S. The van der Waals surface area contributed by atoms with E-state index in [0.717, 1.165) is 11.3 Å². The molecule has 2 heterocycles. The number of ether oxygens (including phenoxy) is 1. The van der Waals surface area contributed by atoms with E-state index < -0.39 is 5.97 Å². The highest BCUT2D eigenvalue weighted by atomic mass is 32.1. The summed E-state index contributed by atoms with van der Waals surface area (Å²) in [6, 6.07) is 1.99. The van der Waals surface area contributed by atoms with Crippen LogP contribution in [0, 0.1) is 11.3 Å².